The van der Waals surface area contributed by atoms with Gasteiger partial charge in [-0.05, 0) is 49.6 Å². The first-order chi connectivity index (χ1) is 16.2. The van der Waals surface area contributed by atoms with Gasteiger partial charge in [0.15, 0.2) is 0 Å². The number of nitrogens with zero attached hydrogens (tertiary/aromatic N) is 2. The van der Waals surface area contributed by atoms with Crippen LogP contribution in [0, 0.1) is 5.41 Å². The standard InChI is InChI=1S/C23H25ClF2N2O2.C2H4.CH2O/c1-22(25,26)14-16-6-8-17(9-7-16)28-13-11-23(21(28)30)10-12-27(15-20(23)29)19-5-3-2-4-18(19)24;2*1-2/h2-9,20,29H,10-15H2,1H3;1-2H2;1H2. The van der Waals surface area contributed by atoms with Crippen LogP contribution in [0.5, 0.6) is 0 Å². The number of para-hydroxylation sites is 1. The second-order valence-corrected chi connectivity index (χ2v) is 8.85. The summed E-state index contributed by atoms with van der Waals surface area (Å²) in [6.07, 6.45) is -0.0347. The lowest BCUT2D eigenvalue weighted by molar-refractivity contribution is -0.133. The molecule has 2 aromatic carbocycles. The Morgan fingerprint density at radius 1 is 1.09 bits per heavy atom. The minimum absolute atomic E-state index is 0.0950. The van der Waals surface area contributed by atoms with Crippen LogP contribution in [0.1, 0.15) is 25.3 Å². The Hall–Kier alpha value is -2.77. The first-order valence-corrected chi connectivity index (χ1v) is 11.3. The van der Waals surface area contributed by atoms with E-state index in [1.807, 2.05) is 36.0 Å². The third-order valence-electron chi connectivity index (χ3n) is 6.27. The highest BCUT2D eigenvalue weighted by Crippen LogP contribution is 2.44. The maximum absolute atomic E-state index is 13.3. The number of aliphatic hydroxyl groups excluding tert-OH is 1. The van der Waals surface area contributed by atoms with Gasteiger partial charge in [0, 0.05) is 31.7 Å². The van der Waals surface area contributed by atoms with Crippen LogP contribution in [0.15, 0.2) is 61.7 Å². The van der Waals surface area contributed by atoms with Gasteiger partial charge in [-0.15, -0.1) is 13.2 Å². The van der Waals surface area contributed by atoms with Crippen LogP contribution in [0.25, 0.3) is 0 Å². The summed E-state index contributed by atoms with van der Waals surface area (Å²) in [5.74, 6) is -2.86. The van der Waals surface area contributed by atoms with Crippen molar-refractivity contribution in [2.24, 2.45) is 5.41 Å². The van der Waals surface area contributed by atoms with Crippen LogP contribution < -0.4 is 9.80 Å². The summed E-state index contributed by atoms with van der Waals surface area (Å²) < 4.78 is 26.5. The quantitative estimate of drug-likeness (QED) is 0.600. The van der Waals surface area contributed by atoms with Gasteiger partial charge < -0.3 is 19.7 Å². The minimum atomic E-state index is -2.77. The number of β-amino-alcohol motifs (C(OH)–C–C–N with tert-alkyl or cyclic N) is 1. The van der Waals surface area contributed by atoms with Gasteiger partial charge in [-0.25, -0.2) is 8.78 Å². The minimum Gasteiger partial charge on any atom is -0.390 e. The highest BCUT2D eigenvalue weighted by molar-refractivity contribution is 6.33. The molecule has 8 heteroatoms. The number of carbonyl (C=O) groups is 2. The third kappa shape index (κ3) is 5.83. The molecule has 0 radical (unpaired) electrons. The van der Waals surface area contributed by atoms with Gasteiger partial charge in [-0.2, -0.15) is 0 Å². The zero-order valence-electron chi connectivity index (χ0n) is 19.4. The van der Waals surface area contributed by atoms with E-state index in [1.165, 1.54) is 0 Å². The smallest absolute Gasteiger partial charge is 0.249 e. The van der Waals surface area contributed by atoms with Crippen LogP contribution in [0.2, 0.25) is 5.02 Å². The molecule has 1 N–H and O–H groups in total. The summed E-state index contributed by atoms with van der Waals surface area (Å²) in [6, 6.07) is 14.2. The molecule has 2 atom stereocenters. The Morgan fingerprint density at radius 3 is 2.24 bits per heavy atom. The lowest BCUT2D eigenvalue weighted by Gasteiger charge is -2.43. The van der Waals surface area contributed by atoms with Gasteiger partial charge in [0.1, 0.15) is 6.79 Å². The fraction of sp³-hybridized carbons (Fsp3) is 0.385. The van der Waals surface area contributed by atoms with Crippen LogP contribution in [0.4, 0.5) is 20.2 Å². The monoisotopic (exact) mass is 492 g/mol. The van der Waals surface area contributed by atoms with Crippen molar-refractivity contribution in [2.75, 3.05) is 29.4 Å². The predicted octanol–water partition coefficient (Wildman–Crippen LogP) is 5.15. The van der Waals surface area contributed by atoms with Gasteiger partial charge in [0.05, 0.1) is 22.2 Å². The molecule has 2 aliphatic rings. The summed E-state index contributed by atoms with van der Waals surface area (Å²) in [6.45, 7) is 10.4. The van der Waals surface area contributed by atoms with Crippen molar-refractivity contribution in [1.82, 2.24) is 0 Å². The van der Waals surface area contributed by atoms with Gasteiger partial charge in [0.2, 0.25) is 11.8 Å². The van der Waals surface area contributed by atoms with E-state index in [0.717, 1.165) is 12.6 Å². The third-order valence-corrected chi connectivity index (χ3v) is 6.59. The van der Waals surface area contributed by atoms with Crippen LogP contribution >= 0.6 is 11.6 Å². The van der Waals surface area contributed by atoms with E-state index in [4.69, 9.17) is 16.4 Å². The largest absolute Gasteiger partial charge is 0.390 e. The Bertz CT molecular complexity index is 965. The number of alkyl halides is 2. The fourth-order valence-corrected chi connectivity index (χ4v) is 4.89. The topological polar surface area (TPSA) is 60.9 Å². The van der Waals surface area contributed by atoms with Crippen molar-refractivity contribution in [1.29, 1.82) is 0 Å². The number of amides is 1. The SMILES string of the molecule is C=C.C=O.CC(F)(F)Cc1ccc(N2CCC3(CCN(c4ccccc4Cl)CC3O)C2=O)cc1. The number of rotatable bonds is 4. The molecule has 2 aliphatic heterocycles. The number of hydrogen-bond donors (Lipinski definition) is 1. The first kappa shape index (κ1) is 27.5. The number of benzene rings is 2. The molecule has 2 fully saturated rings. The molecule has 184 valence electrons. The fourth-order valence-electron chi connectivity index (χ4n) is 4.63. The zero-order chi connectivity index (χ0) is 25.5. The second kappa shape index (κ2) is 11.6. The van der Waals surface area contributed by atoms with Gasteiger partial charge in [-0.1, -0.05) is 35.9 Å². The van der Waals surface area contributed by atoms with Crippen LogP contribution in [-0.4, -0.2) is 49.5 Å². The van der Waals surface area contributed by atoms with E-state index in [2.05, 4.69) is 13.2 Å². The van der Waals surface area contributed by atoms with E-state index in [-0.39, 0.29) is 12.3 Å². The molecule has 0 aliphatic carbocycles. The number of hydrogen-bond acceptors (Lipinski definition) is 4. The summed E-state index contributed by atoms with van der Waals surface area (Å²) in [4.78, 5) is 25.0. The number of halogens is 3. The predicted molar refractivity (Wildman–Crippen MR) is 133 cm³/mol. The van der Waals surface area contributed by atoms with Crippen molar-refractivity contribution in [2.45, 2.75) is 38.2 Å². The van der Waals surface area contributed by atoms with E-state index in [0.29, 0.717) is 48.7 Å². The maximum Gasteiger partial charge on any atom is 0.249 e. The second-order valence-electron chi connectivity index (χ2n) is 8.44. The van der Waals surface area contributed by atoms with Crippen LogP contribution in [0.3, 0.4) is 0 Å². The van der Waals surface area contributed by atoms with E-state index in [9.17, 15) is 18.7 Å². The molecule has 1 spiro atoms. The van der Waals surface area contributed by atoms with Gasteiger partial charge in [-0.3, -0.25) is 4.79 Å². The summed E-state index contributed by atoms with van der Waals surface area (Å²) in [7, 11) is 0. The van der Waals surface area contributed by atoms with E-state index < -0.39 is 17.4 Å². The average Bonchev–Trinajstić information content (AvgIpc) is 3.15. The number of piperidine rings is 1. The molecular weight excluding hydrogens is 462 g/mol. The molecule has 5 nitrogen and oxygen atoms in total. The molecule has 34 heavy (non-hydrogen) atoms. The highest BCUT2D eigenvalue weighted by atomic mass is 35.5. The van der Waals surface area contributed by atoms with E-state index in [1.54, 1.807) is 29.2 Å². The molecular formula is C26H31ClF2N2O3. The van der Waals surface area contributed by atoms with Gasteiger partial charge >= 0.3 is 0 Å². The molecule has 2 aromatic rings. The molecule has 2 heterocycles. The van der Waals surface area contributed by atoms with Crippen molar-refractivity contribution >= 4 is 35.7 Å². The van der Waals surface area contributed by atoms with Crippen molar-refractivity contribution in [3.8, 4) is 0 Å². The average molecular weight is 493 g/mol. The van der Waals surface area contributed by atoms with Crippen molar-refractivity contribution < 1.29 is 23.5 Å². The summed E-state index contributed by atoms with van der Waals surface area (Å²) in [5.41, 5.74) is 1.26. The molecule has 2 unspecified atom stereocenters. The van der Waals surface area contributed by atoms with Crippen LogP contribution in [-0.2, 0) is 16.0 Å². The number of carbonyl (C=O) groups excluding carboxylic acids is 2. The van der Waals surface area contributed by atoms with Crippen molar-refractivity contribution in [3.63, 3.8) is 0 Å². The Labute approximate surface area is 204 Å². The molecule has 0 saturated carbocycles. The molecule has 2 saturated heterocycles. The Kier molecular flexibility index (Phi) is 9.36. The maximum atomic E-state index is 13.3. The summed E-state index contributed by atoms with van der Waals surface area (Å²) >= 11 is 6.30. The first-order valence-electron chi connectivity index (χ1n) is 10.9. The number of aliphatic hydroxyl groups is 1. The number of anilines is 2. The molecule has 0 aromatic heterocycles. The Balaban J connectivity index is 0.000000970. The summed E-state index contributed by atoms with van der Waals surface area (Å²) in [5, 5.41) is 11.6. The zero-order valence-corrected chi connectivity index (χ0v) is 20.1. The lowest BCUT2D eigenvalue weighted by atomic mass is 9.74. The molecule has 4 rings (SSSR count). The normalized spacial score (nSPS) is 22.0. The van der Waals surface area contributed by atoms with E-state index >= 15 is 0 Å². The Morgan fingerprint density at radius 2 is 1.68 bits per heavy atom. The molecule has 1 amide bonds. The highest BCUT2D eigenvalue weighted by Gasteiger charge is 2.54. The molecule has 0 bridgehead atoms. The van der Waals surface area contributed by atoms with Gasteiger partial charge in [0.25, 0.3) is 0 Å². The van der Waals surface area contributed by atoms with Crippen molar-refractivity contribution in [3.05, 3.63) is 72.3 Å². The lowest BCUT2D eigenvalue weighted by Crippen LogP contribution is -2.54.